The van der Waals surface area contributed by atoms with Gasteiger partial charge in [0.25, 0.3) is 0 Å². The van der Waals surface area contributed by atoms with Crippen LogP contribution in [0.25, 0.3) is 0 Å². The van der Waals surface area contributed by atoms with Gasteiger partial charge in [-0.25, -0.2) is 4.39 Å². The van der Waals surface area contributed by atoms with Crippen LogP contribution >= 0.6 is 11.6 Å². The molecule has 0 saturated heterocycles. The Morgan fingerprint density at radius 2 is 2.25 bits per heavy atom. The van der Waals surface area contributed by atoms with Gasteiger partial charge in [0.05, 0.1) is 0 Å². The molecule has 1 aromatic carbocycles. The summed E-state index contributed by atoms with van der Waals surface area (Å²) in [6, 6.07) is 4.37. The lowest BCUT2D eigenvalue weighted by Crippen LogP contribution is -2.23. The summed E-state index contributed by atoms with van der Waals surface area (Å²) in [7, 11) is -0.803. The van der Waals surface area contributed by atoms with E-state index < -0.39 is 10.8 Å². The van der Waals surface area contributed by atoms with Crippen LogP contribution < -0.4 is 5.32 Å². The van der Waals surface area contributed by atoms with Crippen molar-refractivity contribution in [3.05, 3.63) is 34.6 Å². The lowest BCUT2D eigenvalue weighted by Gasteiger charge is -2.15. The molecule has 1 rings (SSSR count). The molecule has 5 heteroatoms. The molecule has 0 aliphatic carbocycles. The Balaban J connectivity index is 2.58. The van der Waals surface area contributed by atoms with Gasteiger partial charge in [0, 0.05) is 40.4 Å². The van der Waals surface area contributed by atoms with Gasteiger partial charge in [-0.15, -0.1) is 0 Å². The largest absolute Gasteiger partial charge is 0.309 e. The van der Waals surface area contributed by atoms with E-state index in [2.05, 4.69) is 5.32 Å². The van der Waals surface area contributed by atoms with Crippen LogP contribution in [-0.2, 0) is 10.8 Å². The molecule has 1 N–H and O–H groups in total. The Kier molecular flexibility index (Phi) is 5.38. The zero-order valence-electron chi connectivity index (χ0n) is 9.30. The van der Waals surface area contributed by atoms with Crippen LogP contribution in [0.15, 0.2) is 18.2 Å². The summed E-state index contributed by atoms with van der Waals surface area (Å²) in [6.45, 7) is 2.59. The van der Waals surface area contributed by atoms with E-state index in [1.54, 1.807) is 12.3 Å². The quantitative estimate of drug-likeness (QED) is 0.885. The maximum atomic E-state index is 12.8. The monoisotopic (exact) mass is 263 g/mol. The Hall–Kier alpha value is -0.450. The number of hydrogen-bond donors (Lipinski definition) is 1. The summed E-state index contributed by atoms with van der Waals surface area (Å²) in [4.78, 5) is 0. The first-order valence-electron chi connectivity index (χ1n) is 4.99. The van der Waals surface area contributed by atoms with Gasteiger partial charge in [0.1, 0.15) is 5.82 Å². The summed E-state index contributed by atoms with van der Waals surface area (Å²) < 4.78 is 23.7. The van der Waals surface area contributed by atoms with Gasteiger partial charge < -0.3 is 5.32 Å². The molecule has 2 atom stereocenters. The van der Waals surface area contributed by atoms with E-state index in [4.69, 9.17) is 11.6 Å². The zero-order chi connectivity index (χ0) is 12.1. The summed E-state index contributed by atoms with van der Waals surface area (Å²) in [6.07, 6.45) is 1.66. The second kappa shape index (κ2) is 6.33. The van der Waals surface area contributed by atoms with E-state index in [1.165, 1.54) is 12.1 Å². The van der Waals surface area contributed by atoms with Gasteiger partial charge in [-0.05, 0) is 24.6 Å². The van der Waals surface area contributed by atoms with E-state index in [0.717, 1.165) is 5.56 Å². The second-order valence-electron chi connectivity index (χ2n) is 3.62. The van der Waals surface area contributed by atoms with Gasteiger partial charge in [-0.1, -0.05) is 17.7 Å². The molecule has 0 saturated carbocycles. The first kappa shape index (κ1) is 13.6. The molecule has 0 spiro atoms. The van der Waals surface area contributed by atoms with Crippen molar-refractivity contribution in [1.82, 2.24) is 5.32 Å². The highest BCUT2D eigenvalue weighted by molar-refractivity contribution is 7.84. The molecule has 0 aliphatic heterocycles. The summed E-state index contributed by atoms with van der Waals surface area (Å²) in [5, 5.41) is 3.61. The van der Waals surface area contributed by atoms with Gasteiger partial charge in [-0.3, -0.25) is 4.21 Å². The lowest BCUT2D eigenvalue weighted by atomic mass is 10.1. The predicted octanol–water partition coefficient (Wildman–Crippen LogP) is 2.51. The van der Waals surface area contributed by atoms with Crippen LogP contribution in [0.2, 0.25) is 5.02 Å². The van der Waals surface area contributed by atoms with E-state index in [0.29, 0.717) is 17.3 Å². The van der Waals surface area contributed by atoms with Crippen LogP contribution in [0.3, 0.4) is 0 Å². The van der Waals surface area contributed by atoms with Crippen molar-refractivity contribution < 1.29 is 8.60 Å². The van der Waals surface area contributed by atoms with Crippen molar-refractivity contribution >= 4 is 22.4 Å². The highest BCUT2D eigenvalue weighted by atomic mass is 35.5. The second-order valence-corrected chi connectivity index (χ2v) is 5.58. The molecule has 0 heterocycles. The van der Waals surface area contributed by atoms with Gasteiger partial charge in [0.2, 0.25) is 0 Å². The molecule has 0 fully saturated rings. The zero-order valence-corrected chi connectivity index (χ0v) is 10.9. The standard InChI is InChI=1S/C11H15ClFNOS/c1-8(14-5-6-16(2)15)10-4-3-9(13)7-11(10)12/h3-4,7-8,14H,5-6H2,1-2H3. The van der Waals surface area contributed by atoms with Crippen molar-refractivity contribution in [2.75, 3.05) is 18.6 Å². The fourth-order valence-corrected chi connectivity index (χ4v) is 2.12. The first-order valence-corrected chi connectivity index (χ1v) is 7.09. The average Bonchev–Trinajstić information content (AvgIpc) is 2.16. The number of benzene rings is 1. The van der Waals surface area contributed by atoms with Crippen LogP contribution in [0.4, 0.5) is 4.39 Å². The smallest absolute Gasteiger partial charge is 0.124 e. The van der Waals surface area contributed by atoms with Crippen LogP contribution in [0, 0.1) is 5.82 Å². The molecule has 16 heavy (non-hydrogen) atoms. The van der Waals surface area contributed by atoms with Crippen LogP contribution in [-0.4, -0.2) is 22.8 Å². The average molecular weight is 264 g/mol. The lowest BCUT2D eigenvalue weighted by molar-refractivity contribution is 0.591. The third-order valence-electron chi connectivity index (χ3n) is 2.27. The molecule has 0 aliphatic rings. The maximum Gasteiger partial charge on any atom is 0.124 e. The van der Waals surface area contributed by atoms with E-state index in [-0.39, 0.29) is 11.9 Å². The van der Waals surface area contributed by atoms with Gasteiger partial charge in [-0.2, -0.15) is 0 Å². The number of hydrogen-bond acceptors (Lipinski definition) is 2. The topological polar surface area (TPSA) is 29.1 Å². The normalized spacial score (nSPS) is 14.8. The Bertz CT molecular complexity index is 386. The third kappa shape index (κ3) is 4.20. The molecular weight excluding hydrogens is 249 g/mol. The van der Waals surface area contributed by atoms with E-state index >= 15 is 0 Å². The molecule has 0 radical (unpaired) electrons. The Morgan fingerprint density at radius 1 is 1.56 bits per heavy atom. The van der Waals surface area contributed by atoms with Gasteiger partial charge >= 0.3 is 0 Å². The summed E-state index contributed by atoms with van der Waals surface area (Å²) in [5.74, 6) is 0.263. The molecule has 2 unspecified atom stereocenters. The fourth-order valence-electron chi connectivity index (χ4n) is 1.38. The summed E-state index contributed by atoms with van der Waals surface area (Å²) in [5.41, 5.74) is 0.852. The molecule has 2 nitrogen and oxygen atoms in total. The van der Waals surface area contributed by atoms with Crippen molar-refractivity contribution in [2.24, 2.45) is 0 Å². The van der Waals surface area contributed by atoms with Crippen molar-refractivity contribution in [3.63, 3.8) is 0 Å². The van der Waals surface area contributed by atoms with Crippen molar-refractivity contribution in [1.29, 1.82) is 0 Å². The van der Waals surface area contributed by atoms with Gasteiger partial charge in [0.15, 0.2) is 0 Å². The van der Waals surface area contributed by atoms with E-state index in [9.17, 15) is 8.60 Å². The molecule has 0 bridgehead atoms. The number of halogens is 2. The number of rotatable bonds is 5. The highest BCUT2D eigenvalue weighted by Crippen LogP contribution is 2.23. The van der Waals surface area contributed by atoms with Crippen LogP contribution in [0.5, 0.6) is 0 Å². The minimum atomic E-state index is -0.803. The van der Waals surface area contributed by atoms with Crippen molar-refractivity contribution in [2.45, 2.75) is 13.0 Å². The minimum Gasteiger partial charge on any atom is -0.309 e. The fraction of sp³-hybridized carbons (Fsp3) is 0.455. The maximum absolute atomic E-state index is 12.8. The Labute approximate surface area is 103 Å². The SMILES string of the molecule is CC(NCCS(C)=O)c1ccc(F)cc1Cl. The summed E-state index contributed by atoms with van der Waals surface area (Å²) >= 11 is 5.93. The highest BCUT2D eigenvalue weighted by Gasteiger charge is 2.09. The molecule has 0 amide bonds. The Morgan fingerprint density at radius 3 is 2.81 bits per heavy atom. The molecular formula is C11H15ClFNOS. The minimum absolute atomic E-state index is 0.0247. The number of nitrogens with one attached hydrogen (secondary N) is 1. The molecule has 0 aromatic heterocycles. The van der Waals surface area contributed by atoms with Crippen LogP contribution in [0.1, 0.15) is 18.5 Å². The van der Waals surface area contributed by atoms with Crippen molar-refractivity contribution in [3.8, 4) is 0 Å². The third-order valence-corrected chi connectivity index (χ3v) is 3.38. The molecule has 90 valence electrons. The first-order chi connectivity index (χ1) is 7.50. The predicted molar refractivity (Wildman–Crippen MR) is 66.8 cm³/mol. The molecule has 1 aromatic rings. The van der Waals surface area contributed by atoms with E-state index in [1.807, 2.05) is 6.92 Å².